The van der Waals surface area contributed by atoms with Crippen LogP contribution in [0.2, 0.25) is 0 Å². The van der Waals surface area contributed by atoms with Gasteiger partial charge in [-0.15, -0.1) is 0 Å². The number of para-hydroxylation sites is 1. The molecule has 182 valence electrons. The Morgan fingerprint density at radius 2 is 2.03 bits per heavy atom. The zero-order chi connectivity index (χ0) is 24.5. The third-order valence-corrected chi connectivity index (χ3v) is 8.27. The van der Waals surface area contributed by atoms with E-state index in [1.54, 1.807) is 17.2 Å². The van der Waals surface area contributed by atoms with Crippen molar-refractivity contribution in [3.8, 4) is 0 Å². The minimum absolute atomic E-state index is 0.123. The normalized spacial score (nSPS) is 18.4. The molecule has 2 fully saturated rings. The molecule has 2 saturated heterocycles. The molecule has 2 aromatic heterocycles. The molecule has 2 aliphatic rings. The van der Waals surface area contributed by atoms with Crippen LogP contribution in [0.1, 0.15) is 43.6 Å². The summed E-state index contributed by atoms with van der Waals surface area (Å²) in [6.07, 6.45) is 8.49. The lowest BCUT2D eigenvalue weighted by Gasteiger charge is -2.30. The largest absolute Gasteiger partial charge is 0.467 e. The third-order valence-electron chi connectivity index (χ3n) is 6.89. The van der Waals surface area contributed by atoms with Crippen LogP contribution in [0.15, 0.2) is 52.1 Å². The highest BCUT2D eigenvalue weighted by Crippen LogP contribution is 2.36. The van der Waals surface area contributed by atoms with E-state index in [9.17, 15) is 9.59 Å². The molecule has 1 aromatic carbocycles. The van der Waals surface area contributed by atoms with E-state index in [0.717, 1.165) is 48.8 Å². The van der Waals surface area contributed by atoms with Crippen LogP contribution in [0.5, 0.6) is 0 Å². The summed E-state index contributed by atoms with van der Waals surface area (Å²) in [5, 5.41) is 1.04. The fourth-order valence-electron chi connectivity index (χ4n) is 4.83. The number of aryl methyl sites for hydroxylation is 1. The summed E-state index contributed by atoms with van der Waals surface area (Å²) in [6, 6.07) is 9.85. The zero-order valence-electron chi connectivity index (χ0n) is 20.0. The number of furan rings is 1. The predicted octanol–water partition coefficient (Wildman–Crippen LogP) is 5.46. The van der Waals surface area contributed by atoms with Crippen molar-refractivity contribution in [3.05, 3.63) is 64.6 Å². The van der Waals surface area contributed by atoms with Crippen molar-refractivity contribution in [2.24, 2.45) is 5.92 Å². The van der Waals surface area contributed by atoms with E-state index in [0.29, 0.717) is 34.0 Å². The first-order valence-corrected chi connectivity index (χ1v) is 13.3. The number of piperidine rings is 1. The SMILES string of the molecule is CCc1cccc2c(/C=C3\SC(=S)N(Cc4ccco4)C3=O)cn(CC(=O)N3CCC(C)CC3)c12. The average Bonchev–Trinajstić information content (AvgIpc) is 3.56. The highest BCUT2D eigenvalue weighted by atomic mass is 32.2. The van der Waals surface area contributed by atoms with Gasteiger partial charge >= 0.3 is 0 Å². The minimum atomic E-state index is -0.123. The van der Waals surface area contributed by atoms with Crippen LogP contribution in [-0.2, 0) is 29.1 Å². The molecule has 0 unspecified atom stereocenters. The Kier molecular flexibility index (Phi) is 6.84. The number of benzene rings is 1. The van der Waals surface area contributed by atoms with Gasteiger partial charge in [-0.1, -0.05) is 56.0 Å². The Morgan fingerprint density at radius 3 is 2.74 bits per heavy atom. The maximum atomic E-state index is 13.2. The summed E-state index contributed by atoms with van der Waals surface area (Å²) in [4.78, 5) is 30.5. The van der Waals surface area contributed by atoms with Gasteiger partial charge < -0.3 is 13.9 Å². The molecule has 4 heterocycles. The van der Waals surface area contributed by atoms with Crippen LogP contribution in [0, 0.1) is 5.92 Å². The summed E-state index contributed by atoms with van der Waals surface area (Å²) in [5.74, 6) is 1.40. The quantitative estimate of drug-likeness (QED) is 0.328. The fourth-order valence-corrected chi connectivity index (χ4v) is 6.08. The van der Waals surface area contributed by atoms with E-state index in [4.69, 9.17) is 16.6 Å². The standard InChI is InChI=1S/C27H29N3O3S2/c1-3-19-6-4-8-22-20(14-23-26(32)30(27(34)35-23)16-21-7-5-13-33-21)15-29(25(19)22)17-24(31)28-11-9-18(2)10-12-28/h4-8,13-15,18H,3,9-12,16-17H2,1-2H3/b23-14-. The summed E-state index contributed by atoms with van der Waals surface area (Å²) >= 11 is 6.80. The van der Waals surface area contributed by atoms with Crippen LogP contribution in [0.25, 0.3) is 17.0 Å². The summed E-state index contributed by atoms with van der Waals surface area (Å²) in [5.41, 5.74) is 3.17. The topological polar surface area (TPSA) is 58.7 Å². The van der Waals surface area contributed by atoms with Crippen molar-refractivity contribution in [2.75, 3.05) is 13.1 Å². The van der Waals surface area contributed by atoms with Gasteiger partial charge in [-0.25, -0.2) is 0 Å². The Morgan fingerprint density at radius 1 is 1.23 bits per heavy atom. The lowest BCUT2D eigenvalue weighted by atomic mass is 9.99. The van der Waals surface area contributed by atoms with Gasteiger partial charge in [0.25, 0.3) is 5.91 Å². The maximum Gasteiger partial charge on any atom is 0.266 e. The molecular weight excluding hydrogens is 478 g/mol. The fraction of sp³-hybridized carbons (Fsp3) is 0.370. The van der Waals surface area contributed by atoms with E-state index in [1.165, 1.54) is 17.3 Å². The molecule has 0 radical (unpaired) electrons. The third kappa shape index (κ3) is 4.82. The van der Waals surface area contributed by atoms with Crippen LogP contribution in [0.3, 0.4) is 0 Å². The van der Waals surface area contributed by atoms with Crippen LogP contribution < -0.4 is 0 Å². The Hall–Kier alpha value is -2.84. The van der Waals surface area contributed by atoms with Crippen molar-refractivity contribution in [1.29, 1.82) is 0 Å². The smallest absolute Gasteiger partial charge is 0.266 e. The van der Waals surface area contributed by atoms with Crippen LogP contribution in [-0.4, -0.2) is 43.6 Å². The van der Waals surface area contributed by atoms with Gasteiger partial charge in [-0.05, 0) is 49.0 Å². The van der Waals surface area contributed by atoms with Gasteiger partial charge in [-0.2, -0.15) is 0 Å². The van der Waals surface area contributed by atoms with Crippen molar-refractivity contribution in [3.63, 3.8) is 0 Å². The first kappa shape index (κ1) is 23.9. The zero-order valence-corrected chi connectivity index (χ0v) is 21.7. The predicted molar refractivity (Wildman–Crippen MR) is 144 cm³/mol. The maximum absolute atomic E-state index is 13.2. The number of rotatable bonds is 6. The van der Waals surface area contributed by atoms with E-state index < -0.39 is 0 Å². The highest BCUT2D eigenvalue weighted by molar-refractivity contribution is 8.26. The van der Waals surface area contributed by atoms with Crippen LogP contribution in [0.4, 0.5) is 0 Å². The number of carbonyl (C=O) groups excluding carboxylic acids is 2. The number of fused-ring (bicyclic) bond motifs is 1. The van der Waals surface area contributed by atoms with Crippen molar-refractivity contribution in [1.82, 2.24) is 14.4 Å². The number of amides is 2. The lowest BCUT2D eigenvalue weighted by Crippen LogP contribution is -2.39. The number of carbonyl (C=O) groups is 2. The van der Waals surface area contributed by atoms with Gasteiger partial charge in [0.05, 0.1) is 23.2 Å². The van der Waals surface area contributed by atoms with Crippen LogP contribution >= 0.6 is 24.0 Å². The molecule has 6 nitrogen and oxygen atoms in total. The number of hydrogen-bond acceptors (Lipinski definition) is 5. The summed E-state index contributed by atoms with van der Waals surface area (Å²) < 4.78 is 7.98. The van der Waals surface area contributed by atoms with Gasteiger partial charge in [0, 0.05) is 30.2 Å². The second-order valence-electron chi connectivity index (χ2n) is 9.29. The molecular formula is C27H29N3O3S2. The van der Waals surface area contributed by atoms with Gasteiger partial charge in [0.15, 0.2) is 0 Å². The second-order valence-corrected chi connectivity index (χ2v) is 11.0. The van der Waals surface area contributed by atoms with Gasteiger partial charge in [0.2, 0.25) is 5.91 Å². The minimum Gasteiger partial charge on any atom is -0.467 e. The second kappa shape index (κ2) is 10.0. The van der Waals surface area contributed by atoms with E-state index in [2.05, 4.69) is 30.5 Å². The summed E-state index contributed by atoms with van der Waals surface area (Å²) in [7, 11) is 0. The van der Waals surface area contributed by atoms with Crippen molar-refractivity contribution < 1.29 is 14.0 Å². The molecule has 35 heavy (non-hydrogen) atoms. The first-order valence-electron chi connectivity index (χ1n) is 12.1. The number of likely N-dealkylation sites (tertiary alicyclic amines) is 1. The monoisotopic (exact) mass is 507 g/mol. The highest BCUT2D eigenvalue weighted by Gasteiger charge is 2.33. The van der Waals surface area contributed by atoms with Crippen molar-refractivity contribution in [2.45, 2.75) is 46.2 Å². The first-order chi connectivity index (χ1) is 16.9. The molecule has 2 amide bonds. The molecule has 3 aromatic rings. The summed E-state index contributed by atoms with van der Waals surface area (Å²) in [6.45, 7) is 6.64. The molecule has 0 spiro atoms. The van der Waals surface area contributed by atoms with E-state index >= 15 is 0 Å². The Balaban J connectivity index is 1.46. The van der Waals surface area contributed by atoms with E-state index in [1.807, 2.05) is 29.3 Å². The molecule has 0 atom stereocenters. The van der Waals surface area contributed by atoms with E-state index in [-0.39, 0.29) is 11.8 Å². The lowest BCUT2D eigenvalue weighted by molar-refractivity contribution is -0.133. The number of hydrogen-bond donors (Lipinski definition) is 0. The van der Waals surface area contributed by atoms with Gasteiger partial charge in [-0.3, -0.25) is 14.5 Å². The molecule has 8 heteroatoms. The Labute approximate surface area is 214 Å². The molecule has 2 aliphatic heterocycles. The van der Waals surface area contributed by atoms with Crippen molar-refractivity contribution >= 4 is 57.1 Å². The molecule has 0 N–H and O–H groups in total. The average molecular weight is 508 g/mol. The molecule has 5 rings (SSSR count). The Bertz CT molecular complexity index is 1300. The number of thiocarbonyl (C=S) groups is 1. The number of aromatic nitrogens is 1. The molecule has 0 aliphatic carbocycles. The number of nitrogens with zero attached hydrogens (tertiary/aromatic N) is 3. The number of thioether (sulfide) groups is 1. The molecule has 0 saturated carbocycles. The van der Waals surface area contributed by atoms with Gasteiger partial charge in [0.1, 0.15) is 16.6 Å². The molecule has 0 bridgehead atoms.